The van der Waals surface area contributed by atoms with Crippen LogP contribution >= 0.6 is 0 Å². The first-order valence-electron chi connectivity index (χ1n) is 10.5. The number of piperidine rings is 1. The zero-order valence-corrected chi connectivity index (χ0v) is 16.9. The molecule has 1 amide bonds. The van der Waals surface area contributed by atoms with Crippen LogP contribution in [-0.2, 0) is 20.8 Å². The fourth-order valence-corrected chi connectivity index (χ4v) is 4.13. The molecule has 1 saturated heterocycles. The summed E-state index contributed by atoms with van der Waals surface area (Å²) in [5.41, 5.74) is 1.04. The maximum Gasteiger partial charge on any atom is 0.303 e. The number of amides is 1. The number of carboxylic acid groups (broad SMARTS) is 1. The first-order valence-corrected chi connectivity index (χ1v) is 10.5. The molecule has 0 bridgehead atoms. The smallest absolute Gasteiger partial charge is 0.303 e. The van der Waals surface area contributed by atoms with Crippen LogP contribution in [0.4, 0.5) is 0 Å². The van der Waals surface area contributed by atoms with Gasteiger partial charge >= 0.3 is 5.97 Å². The van der Waals surface area contributed by atoms with Crippen LogP contribution in [0.15, 0.2) is 30.3 Å². The monoisotopic (exact) mass is 387 g/mol. The highest BCUT2D eigenvalue weighted by Gasteiger charge is 2.32. The Morgan fingerprint density at radius 3 is 2.57 bits per heavy atom. The number of hydrogen-bond acceptors (Lipinski definition) is 3. The molecule has 5 nitrogen and oxygen atoms in total. The lowest BCUT2D eigenvalue weighted by atomic mass is 9.86. The quantitative estimate of drug-likeness (QED) is 0.544. The number of hydrogen-bond donors (Lipinski definition) is 1. The predicted molar refractivity (Wildman–Crippen MR) is 109 cm³/mol. The van der Waals surface area contributed by atoms with E-state index in [0.29, 0.717) is 32.2 Å². The highest BCUT2D eigenvalue weighted by atomic mass is 16.4. The highest BCUT2D eigenvalue weighted by Crippen LogP contribution is 2.27. The van der Waals surface area contributed by atoms with Crippen molar-refractivity contribution in [2.75, 3.05) is 6.54 Å². The van der Waals surface area contributed by atoms with Gasteiger partial charge < -0.3 is 10.0 Å². The second-order valence-electron chi connectivity index (χ2n) is 7.99. The van der Waals surface area contributed by atoms with Gasteiger partial charge in [-0.1, -0.05) is 50.1 Å². The molecule has 0 aromatic heterocycles. The third-order valence-corrected chi connectivity index (χ3v) is 5.60. The first kappa shape index (κ1) is 22.1. The lowest BCUT2D eigenvalue weighted by molar-refractivity contribution is -0.139. The van der Waals surface area contributed by atoms with E-state index in [9.17, 15) is 14.4 Å². The summed E-state index contributed by atoms with van der Waals surface area (Å²) in [6.07, 6.45) is 7.03. The van der Waals surface area contributed by atoms with E-state index in [1.807, 2.05) is 35.2 Å². The molecule has 1 aromatic rings. The molecule has 1 aliphatic rings. The Labute approximate surface area is 168 Å². The summed E-state index contributed by atoms with van der Waals surface area (Å²) >= 11 is 0. The molecule has 0 spiro atoms. The van der Waals surface area contributed by atoms with Crippen molar-refractivity contribution in [2.45, 2.75) is 77.2 Å². The van der Waals surface area contributed by atoms with Gasteiger partial charge in [0, 0.05) is 38.3 Å². The van der Waals surface area contributed by atoms with Crippen molar-refractivity contribution in [2.24, 2.45) is 5.92 Å². The van der Waals surface area contributed by atoms with Crippen LogP contribution in [0.25, 0.3) is 0 Å². The molecule has 1 heterocycles. The van der Waals surface area contributed by atoms with Crippen molar-refractivity contribution in [1.29, 1.82) is 0 Å². The van der Waals surface area contributed by atoms with Crippen molar-refractivity contribution in [3.63, 3.8) is 0 Å². The number of likely N-dealkylation sites (tertiary alicyclic amines) is 1. The van der Waals surface area contributed by atoms with Crippen molar-refractivity contribution in [1.82, 2.24) is 4.90 Å². The third-order valence-electron chi connectivity index (χ3n) is 5.60. The molecule has 0 aliphatic carbocycles. The number of aliphatic carboxylic acids is 1. The molecule has 0 radical (unpaired) electrons. The number of ketones is 1. The molecule has 154 valence electrons. The van der Waals surface area contributed by atoms with Gasteiger partial charge in [0.05, 0.1) is 0 Å². The van der Waals surface area contributed by atoms with Crippen molar-refractivity contribution in [3.05, 3.63) is 35.9 Å². The number of benzene rings is 1. The fraction of sp³-hybridized carbons (Fsp3) is 0.609. The van der Waals surface area contributed by atoms with Crippen molar-refractivity contribution in [3.8, 4) is 0 Å². The Morgan fingerprint density at radius 1 is 1.14 bits per heavy atom. The van der Waals surface area contributed by atoms with Crippen LogP contribution in [-0.4, -0.2) is 40.3 Å². The van der Waals surface area contributed by atoms with Crippen LogP contribution < -0.4 is 0 Å². The topological polar surface area (TPSA) is 74.7 Å². The minimum Gasteiger partial charge on any atom is -0.481 e. The van der Waals surface area contributed by atoms with Gasteiger partial charge in [-0.2, -0.15) is 0 Å². The van der Waals surface area contributed by atoms with Crippen LogP contribution in [0.5, 0.6) is 0 Å². The average molecular weight is 388 g/mol. The molecule has 1 fully saturated rings. The minimum atomic E-state index is -0.750. The molecule has 1 N–H and O–H groups in total. The van der Waals surface area contributed by atoms with E-state index in [1.165, 1.54) is 0 Å². The Bertz CT molecular complexity index is 643. The molecule has 0 saturated carbocycles. The van der Waals surface area contributed by atoms with E-state index >= 15 is 0 Å². The third kappa shape index (κ3) is 7.45. The second kappa shape index (κ2) is 11.6. The van der Waals surface area contributed by atoms with Crippen LogP contribution in [0.1, 0.15) is 70.3 Å². The van der Waals surface area contributed by atoms with E-state index in [1.54, 1.807) is 0 Å². The highest BCUT2D eigenvalue weighted by molar-refractivity contribution is 5.81. The summed E-state index contributed by atoms with van der Waals surface area (Å²) in [5, 5.41) is 8.69. The fourth-order valence-electron chi connectivity index (χ4n) is 4.13. The predicted octanol–water partition coefficient (Wildman–Crippen LogP) is 4.24. The summed E-state index contributed by atoms with van der Waals surface area (Å²) in [5.74, 6) is -0.165. The number of carboxylic acids is 1. The molecule has 5 heteroatoms. The van der Waals surface area contributed by atoms with Gasteiger partial charge in [-0.25, -0.2) is 0 Å². The molecular formula is C23H33NO4. The van der Waals surface area contributed by atoms with Gasteiger partial charge in [0.25, 0.3) is 0 Å². The number of carbonyl (C=O) groups excluding carboxylic acids is 2. The number of unbranched alkanes of at least 4 members (excludes halogenated alkanes) is 3. The maximum atomic E-state index is 12.5. The van der Waals surface area contributed by atoms with Crippen LogP contribution in [0.3, 0.4) is 0 Å². The first-order chi connectivity index (χ1) is 13.5. The normalized spacial score (nSPS) is 18.1. The SMILES string of the molecule is C[C@@H](CC(=O)Cc1ccccc1)[C@H]1CCCC(=O)N1CCCCCCC(=O)O. The standard InChI is InChI=1S/C23H33NO4/c1-18(16-20(25)17-19-10-5-4-6-11-19)21-12-9-13-22(26)24(21)15-8-3-2-7-14-23(27)28/h4-6,10-11,18,21H,2-3,7-9,12-17H2,1H3,(H,27,28)/t18-,21+/m0/s1. The second-order valence-corrected chi connectivity index (χ2v) is 7.99. The number of rotatable bonds is 12. The van der Waals surface area contributed by atoms with E-state index in [4.69, 9.17) is 5.11 Å². The van der Waals surface area contributed by atoms with Crippen LogP contribution in [0.2, 0.25) is 0 Å². The number of Topliss-reactive ketones (excluding diaryl/α,β-unsaturated/α-hetero) is 1. The van der Waals surface area contributed by atoms with E-state index in [0.717, 1.165) is 37.7 Å². The number of nitrogens with zero attached hydrogens (tertiary/aromatic N) is 1. The zero-order chi connectivity index (χ0) is 20.4. The molecule has 1 aromatic carbocycles. The van der Waals surface area contributed by atoms with Crippen LogP contribution in [0, 0.1) is 5.92 Å². The van der Waals surface area contributed by atoms with Gasteiger partial charge in [-0.05, 0) is 37.2 Å². The van der Waals surface area contributed by atoms with Gasteiger partial charge in [0.1, 0.15) is 5.78 Å². The van der Waals surface area contributed by atoms with Gasteiger partial charge in [0.15, 0.2) is 0 Å². The van der Waals surface area contributed by atoms with Crippen molar-refractivity contribution >= 4 is 17.7 Å². The largest absolute Gasteiger partial charge is 0.481 e. The number of carbonyl (C=O) groups is 3. The summed E-state index contributed by atoms with van der Waals surface area (Å²) < 4.78 is 0. The van der Waals surface area contributed by atoms with Gasteiger partial charge in [-0.3, -0.25) is 14.4 Å². The molecule has 28 heavy (non-hydrogen) atoms. The summed E-state index contributed by atoms with van der Waals surface area (Å²) in [6, 6.07) is 9.94. The van der Waals surface area contributed by atoms with Crippen molar-refractivity contribution < 1.29 is 19.5 Å². The molecular weight excluding hydrogens is 354 g/mol. The molecule has 1 aliphatic heterocycles. The summed E-state index contributed by atoms with van der Waals surface area (Å²) in [4.78, 5) is 37.5. The Morgan fingerprint density at radius 2 is 1.86 bits per heavy atom. The molecule has 0 unspecified atom stereocenters. The maximum absolute atomic E-state index is 12.5. The lowest BCUT2D eigenvalue weighted by Crippen LogP contribution is -2.47. The van der Waals surface area contributed by atoms with E-state index < -0.39 is 5.97 Å². The Hall–Kier alpha value is -2.17. The zero-order valence-electron chi connectivity index (χ0n) is 16.9. The van der Waals surface area contributed by atoms with E-state index in [2.05, 4.69) is 6.92 Å². The minimum absolute atomic E-state index is 0.139. The van der Waals surface area contributed by atoms with Gasteiger partial charge in [-0.15, -0.1) is 0 Å². The summed E-state index contributed by atoms with van der Waals surface area (Å²) in [7, 11) is 0. The summed E-state index contributed by atoms with van der Waals surface area (Å²) in [6.45, 7) is 2.81. The Balaban J connectivity index is 1.81. The lowest BCUT2D eigenvalue weighted by Gasteiger charge is -2.39. The molecule has 2 rings (SSSR count). The van der Waals surface area contributed by atoms with E-state index in [-0.39, 0.29) is 30.1 Å². The average Bonchev–Trinajstić information content (AvgIpc) is 2.65. The molecule has 2 atom stereocenters. The van der Waals surface area contributed by atoms with Gasteiger partial charge in [0.2, 0.25) is 5.91 Å². The Kier molecular flexibility index (Phi) is 9.18.